The maximum absolute atomic E-state index is 11.7. The molecule has 22 heavy (non-hydrogen) atoms. The summed E-state index contributed by atoms with van der Waals surface area (Å²) in [6.45, 7) is 0.292. The second-order valence-electron chi connectivity index (χ2n) is 5.53. The Morgan fingerprint density at radius 1 is 1.23 bits per heavy atom. The Kier molecular flexibility index (Phi) is 5.27. The van der Waals surface area contributed by atoms with Crippen molar-refractivity contribution < 1.29 is 24.6 Å². The van der Waals surface area contributed by atoms with Crippen LogP contribution in [0.3, 0.4) is 0 Å². The van der Waals surface area contributed by atoms with Gasteiger partial charge in [0, 0.05) is 25.4 Å². The molecule has 2 N–H and O–H groups in total. The number of rotatable bonds is 6. The topological polar surface area (TPSA) is 94.9 Å². The first-order valence-electron chi connectivity index (χ1n) is 7.23. The van der Waals surface area contributed by atoms with Gasteiger partial charge in [0.2, 0.25) is 0 Å². The monoisotopic (exact) mass is 305 g/mol. The van der Waals surface area contributed by atoms with Crippen molar-refractivity contribution in [2.75, 3.05) is 6.54 Å². The van der Waals surface area contributed by atoms with E-state index in [-0.39, 0.29) is 24.7 Å². The van der Waals surface area contributed by atoms with Crippen LogP contribution in [0.2, 0.25) is 0 Å². The van der Waals surface area contributed by atoms with E-state index < -0.39 is 24.4 Å². The Morgan fingerprint density at radius 3 is 2.50 bits per heavy atom. The highest BCUT2D eigenvalue weighted by atomic mass is 16.4. The highest BCUT2D eigenvalue weighted by Crippen LogP contribution is 2.23. The van der Waals surface area contributed by atoms with E-state index in [1.165, 1.54) is 0 Å². The van der Waals surface area contributed by atoms with Gasteiger partial charge in [-0.05, 0) is 12.0 Å². The van der Waals surface area contributed by atoms with Gasteiger partial charge in [-0.25, -0.2) is 0 Å². The summed E-state index contributed by atoms with van der Waals surface area (Å²) in [6, 6.07) is 8.13. The lowest BCUT2D eigenvalue weighted by Gasteiger charge is -2.38. The minimum atomic E-state index is -1.16. The van der Waals surface area contributed by atoms with Crippen LogP contribution in [0.25, 0.3) is 0 Å². The van der Waals surface area contributed by atoms with E-state index in [4.69, 9.17) is 5.11 Å². The summed E-state index contributed by atoms with van der Waals surface area (Å²) in [7, 11) is 0. The molecule has 0 bridgehead atoms. The van der Waals surface area contributed by atoms with Gasteiger partial charge in [0.1, 0.15) is 11.8 Å². The number of aliphatic carboxylic acids is 2. The summed E-state index contributed by atoms with van der Waals surface area (Å²) in [5, 5.41) is 18.3. The molecule has 0 saturated carbocycles. The maximum atomic E-state index is 11.7. The fraction of sp³-hybridized carbons (Fsp3) is 0.438. The van der Waals surface area contributed by atoms with Crippen molar-refractivity contribution in [3.8, 4) is 0 Å². The second-order valence-corrected chi connectivity index (χ2v) is 5.53. The standard InChI is InChI=1S/C16H19NO5/c18-13-6-7-17(14(16(21)22)10-15(19)20)12(9-13)8-11-4-2-1-3-5-11/h1-5,12,14H,6-10H2,(H,19,20)(H,21,22). The number of Topliss-reactive ketones (excluding diaryl/α,β-unsaturated/α-hetero) is 1. The third kappa shape index (κ3) is 4.14. The highest BCUT2D eigenvalue weighted by molar-refractivity contribution is 5.83. The fourth-order valence-corrected chi connectivity index (χ4v) is 2.92. The number of ketones is 1. The number of nitrogens with zero attached hydrogens (tertiary/aromatic N) is 1. The fourth-order valence-electron chi connectivity index (χ4n) is 2.92. The zero-order valence-corrected chi connectivity index (χ0v) is 12.1. The molecule has 0 amide bonds. The Hall–Kier alpha value is -2.21. The largest absolute Gasteiger partial charge is 0.481 e. The molecule has 6 nitrogen and oxygen atoms in total. The van der Waals surface area contributed by atoms with Gasteiger partial charge in [0.25, 0.3) is 0 Å². The molecule has 1 heterocycles. The number of carbonyl (C=O) groups excluding carboxylic acids is 1. The molecular weight excluding hydrogens is 286 g/mol. The van der Waals surface area contributed by atoms with Crippen molar-refractivity contribution in [2.45, 2.75) is 37.8 Å². The number of likely N-dealkylation sites (tertiary alicyclic amines) is 1. The van der Waals surface area contributed by atoms with Crippen LogP contribution in [0.15, 0.2) is 30.3 Å². The molecule has 0 aliphatic carbocycles. The first-order chi connectivity index (χ1) is 10.5. The van der Waals surface area contributed by atoms with Crippen molar-refractivity contribution in [1.29, 1.82) is 0 Å². The maximum Gasteiger partial charge on any atom is 0.321 e. The molecule has 1 aliphatic rings. The summed E-state index contributed by atoms with van der Waals surface area (Å²) in [4.78, 5) is 35.7. The number of hydrogen-bond donors (Lipinski definition) is 2. The molecule has 1 aromatic carbocycles. The van der Waals surface area contributed by atoms with Gasteiger partial charge in [-0.15, -0.1) is 0 Å². The third-order valence-electron chi connectivity index (χ3n) is 3.95. The van der Waals surface area contributed by atoms with Crippen molar-refractivity contribution in [3.05, 3.63) is 35.9 Å². The lowest BCUT2D eigenvalue weighted by atomic mass is 9.92. The quantitative estimate of drug-likeness (QED) is 0.820. The van der Waals surface area contributed by atoms with E-state index in [0.717, 1.165) is 5.56 Å². The molecule has 0 spiro atoms. The average Bonchev–Trinajstić information content (AvgIpc) is 2.46. The molecule has 2 atom stereocenters. The number of carboxylic acids is 2. The Morgan fingerprint density at radius 2 is 1.91 bits per heavy atom. The first-order valence-corrected chi connectivity index (χ1v) is 7.23. The van der Waals surface area contributed by atoms with E-state index in [0.29, 0.717) is 13.0 Å². The summed E-state index contributed by atoms with van der Waals surface area (Å²) in [5.41, 5.74) is 1.01. The van der Waals surface area contributed by atoms with Crippen LogP contribution in [0.4, 0.5) is 0 Å². The predicted octanol–water partition coefficient (Wildman–Crippen LogP) is 1.19. The molecule has 0 radical (unpaired) electrons. The van der Waals surface area contributed by atoms with Crippen LogP contribution in [-0.2, 0) is 20.8 Å². The molecule has 1 fully saturated rings. The highest BCUT2D eigenvalue weighted by Gasteiger charge is 2.36. The number of carboxylic acid groups (broad SMARTS) is 2. The third-order valence-corrected chi connectivity index (χ3v) is 3.95. The number of benzene rings is 1. The summed E-state index contributed by atoms with van der Waals surface area (Å²) >= 11 is 0. The molecule has 1 aliphatic heterocycles. The van der Waals surface area contributed by atoms with Crippen LogP contribution in [-0.4, -0.2) is 51.5 Å². The molecule has 1 aromatic rings. The van der Waals surface area contributed by atoms with Gasteiger partial charge in [-0.3, -0.25) is 19.3 Å². The molecule has 0 aromatic heterocycles. The van der Waals surface area contributed by atoms with Crippen molar-refractivity contribution in [2.24, 2.45) is 0 Å². The number of hydrogen-bond acceptors (Lipinski definition) is 4. The van der Waals surface area contributed by atoms with E-state index in [9.17, 15) is 19.5 Å². The number of carbonyl (C=O) groups is 3. The molecule has 6 heteroatoms. The average molecular weight is 305 g/mol. The van der Waals surface area contributed by atoms with E-state index in [2.05, 4.69) is 0 Å². The molecular formula is C16H19NO5. The van der Waals surface area contributed by atoms with Crippen LogP contribution >= 0.6 is 0 Å². The number of piperidine rings is 1. The van der Waals surface area contributed by atoms with Crippen LogP contribution in [0.5, 0.6) is 0 Å². The zero-order chi connectivity index (χ0) is 16.1. The SMILES string of the molecule is O=C(O)CC(C(=O)O)N1CCC(=O)CC1Cc1ccccc1. The van der Waals surface area contributed by atoms with Crippen LogP contribution in [0.1, 0.15) is 24.8 Å². The summed E-state index contributed by atoms with van der Waals surface area (Å²) in [6.07, 6.45) is 0.609. The van der Waals surface area contributed by atoms with E-state index >= 15 is 0 Å². The van der Waals surface area contributed by atoms with E-state index in [1.807, 2.05) is 30.3 Å². The molecule has 2 rings (SSSR count). The van der Waals surface area contributed by atoms with Gasteiger partial charge in [0.15, 0.2) is 0 Å². The lowest BCUT2D eigenvalue weighted by Crippen LogP contribution is -2.53. The first kappa shape index (κ1) is 16.2. The van der Waals surface area contributed by atoms with Gasteiger partial charge < -0.3 is 10.2 Å². The van der Waals surface area contributed by atoms with Crippen molar-refractivity contribution >= 4 is 17.7 Å². The van der Waals surface area contributed by atoms with Crippen molar-refractivity contribution in [3.63, 3.8) is 0 Å². The minimum Gasteiger partial charge on any atom is -0.481 e. The van der Waals surface area contributed by atoms with Gasteiger partial charge in [-0.2, -0.15) is 0 Å². The van der Waals surface area contributed by atoms with Gasteiger partial charge in [-0.1, -0.05) is 30.3 Å². The zero-order valence-electron chi connectivity index (χ0n) is 12.1. The van der Waals surface area contributed by atoms with Gasteiger partial charge in [0.05, 0.1) is 6.42 Å². The second kappa shape index (κ2) is 7.17. The minimum absolute atomic E-state index is 0.0941. The molecule has 1 saturated heterocycles. The Balaban J connectivity index is 2.19. The Labute approximate surface area is 128 Å². The summed E-state index contributed by atoms with van der Waals surface area (Å²) in [5.74, 6) is -2.21. The lowest BCUT2D eigenvalue weighted by molar-refractivity contribution is -0.152. The molecule has 118 valence electrons. The summed E-state index contributed by atoms with van der Waals surface area (Å²) < 4.78 is 0. The normalized spacial score (nSPS) is 20.5. The van der Waals surface area contributed by atoms with Crippen molar-refractivity contribution in [1.82, 2.24) is 4.90 Å². The predicted molar refractivity (Wildman–Crippen MR) is 78.6 cm³/mol. The van der Waals surface area contributed by atoms with Crippen LogP contribution < -0.4 is 0 Å². The Bertz CT molecular complexity index is 557. The van der Waals surface area contributed by atoms with Crippen LogP contribution in [0, 0.1) is 0 Å². The molecule has 2 unspecified atom stereocenters. The smallest absolute Gasteiger partial charge is 0.321 e. The van der Waals surface area contributed by atoms with E-state index in [1.54, 1.807) is 4.90 Å². The van der Waals surface area contributed by atoms with Gasteiger partial charge >= 0.3 is 11.9 Å².